The van der Waals surface area contributed by atoms with Crippen LogP contribution in [0, 0.1) is 0 Å². The summed E-state index contributed by atoms with van der Waals surface area (Å²) >= 11 is 0. The van der Waals surface area contributed by atoms with E-state index in [-0.39, 0.29) is 12.0 Å². The SMILES string of the molecule is C[C@@H]1Oc2ccccc2O[C@H]1C(=O)NCc1ccc(-n2ccnc2)cc1. The molecule has 0 saturated heterocycles. The zero-order chi connectivity index (χ0) is 17.9. The molecule has 0 spiro atoms. The van der Waals surface area contributed by atoms with Gasteiger partial charge in [-0.05, 0) is 36.8 Å². The second kappa shape index (κ2) is 6.92. The molecule has 1 aliphatic rings. The molecule has 0 saturated carbocycles. The molecular formula is C20H19N3O3. The Morgan fingerprint density at radius 2 is 1.85 bits per heavy atom. The number of fused-ring (bicyclic) bond motifs is 1. The molecule has 2 aromatic carbocycles. The van der Waals surface area contributed by atoms with Crippen molar-refractivity contribution in [2.24, 2.45) is 0 Å². The quantitative estimate of drug-likeness (QED) is 0.787. The minimum atomic E-state index is -0.671. The molecule has 2 heterocycles. The lowest BCUT2D eigenvalue weighted by Crippen LogP contribution is -2.48. The lowest BCUT2D eigenvalue weighted by atomic mass is 10.1. The first-order valence-electron chi connectivity index (χ1n) is 8.48. The number of ether oxygens (including phenoxy) is 2. The Labute approximate surface area is 151 Å². The number of amides is 1. The molecule has 0 fully saturated rings. The molecule has 132 valence electrons. The van der Waals surface area contributed by atoms with Crippen LogP contribution < -0.4 is 14.8 Å². The predicted molar refractivity (Wildman–Crippen MR) is 96.4 cm³/mol. The van der Waals surface area contributed by atoms with E-state index in [0.29, 0.717) is 18.0 Å². The standard InChI is InChI=1S/C20H19N3O3/c1-14-19(26-18-5-3-2-4-17(18)25-14)20(24)22-12-15-6-8-16(9-7-15)23-11-10-21-13-23/h2-11,13-14,19H,12H2,1H3,(H,22,24)/t14-,19+/m0/s1. The smallest absolute Gasteiger partial charge is 0.265 e. The Bertz CT molecular complexity index is 891. The van der Waals surface area contributed by atoms with Gasteiger partial charge in [0.25, 0.3) is 5.91 Å². The number of imidazole rings is 1. The van der Waals surface area contributed by atoms with Gasteiger partial charge in [-0.3, -0.25) is 4.79 Å². The normalized spacial score (nSPS) is 18.3. The maximum atomic E-state index is 12.5. The first kappa shape index (κ1) is 16.2. The number of hydrogen-bond acceptors (Lipinski definition) is 4. The largest absolute Gasteiger partial charge is 0.482 e. The van der Waals surface area contributed by atoms with E-state index < -0.39 is 6.10 Å². The molecule has 0 aliphatic carbocycles. The molecule has 6 nitrogen and oxygen atoms in total. The van der Waals surface area contributed by atoms with Crippen LogP contribution in [0.3, 0.4) is 0 Å². The highest BCUT2D eigenvalue weighted by Crippen LogP contribution is 2.33. The summed E-state index contributed by atoms with van der Waals surface area (Å²) in [6.07, 6.45) is 4.34. The first-order chi connectivity index (χ1) is 12.7. The summed E-state index contributed by atoms with van der Waals surface area (Å²) in [5, 5.41) is 2.92. The summed E-state index contributed by atoms with van der Waals surface area (Å²) in [4.78, 5) is 16.6. The van der Waals surface area contributed by atoms with Crippen molar-refractivity contribution < 1.29 is 14.3 Å². The summed E-state index contributed by atoms with van der Waals surface area (Å²) in [5.74, 6) is 1.07. The van der Waals surface area contributed by atoms with Crippen molar-refractivity contribution in [1.29, 1.82) is 0 Å². The minimum absolute atomic E-state index is 0.189. The van der Waals surface area contributed by atoms with Crippen LogP contribution in [0.1, 0.15) is 12.5 Å². The molecule has 1 N–H and O–H groups in total. The van der Waals surface area contributed by atoms with Gasteiger partial charge in [0.05, 0.1) is 6.33 Å². The third kappa shape index (κ3) is 3.26. The molecule has 26 heavy (non-hydrogen) atoms. The Morgan fingerprint density at radius 1 is 1.12 bits per heavy atom. The highest BCUT2D eigenvalue weighted by Gasteiger charge is 2.33. The lowest BCUT2D eigenvalue weighted by molar-refractivity contribution is -0.133. The van der Waals surface area contributed by atoms with Crippen LogP contribution in [0.25, 0.3) is 5.69 Å². The molecule has 1 amide bonds. The van der Waals surface area contributed by atoms with Crippen molar-refractivity contribution in [2.45, 2.75) is 25.7 Å². The summed E-state index contributed by atoms with van der Waals surface area (Å²) in [6, 6.07) is 15.3. The maximum absolute atomic E-state index is 12.5. The molecule has 1 aliphatic heterocycles. The average molecular weight is 349 g/mol. The van der Waals surface area contributed by atoms with Crippen LogP contribution in [0.2, 0.25) is 0 Å². The highest BCUT2D eigenvalue weighted by atomic mass is 16.6. The van der Waals surface area contributed by atoms with E-state index in [1.807, 2.05) is 60.2 Å². The van der Waals surface area contributed by atoms with Crippen molar-refractivity contribution in [3.8, 4) is 17.2 Å². The van der Waals surface area contributed by atoms with Crippen molar-refractivity contribution in [1.82, 2.24) is 14.9 Å². The van der Waals surface area contributed by atoms with Gasteiger partial charge in [-0.1, -0.05) is 24.3 Å². The van der Waals surface area contributed by atoms with Crippen LogP contribution >= 0.6 is 0 Å². The van der Waals surface area contributed by atoms with E-state index in [2.05, 4.69) is 10.3 Å². The van der Waals surface area contributed by atoms with Crippen molar-refractivity contribution in [2.75, 3.05) is 0 Å². The number of benzene rings is 2. The summed E-state index contributed by atoms with van der Waals surface area (Å²) in [5.41, 5.74) is 2.03. The van der Waals surface area contributed by atoms with E-state index in [9.17, 15) is 4.79 Å². The third-order valence-electron chi connectivity index (χ3n) is 4.31. The molecule has 6 heteroatoms. The zero-order valence-corrected chi connectivity index (χ0v) is 14.3. The van der Waals surface area contributed by atoms with Crippen LogP contribution in [-0.2, 0) is 11.3 Å². The Hall–Kier alpha value is -3.28. The van der Waals surface area contributed by atoms with Crippen LogP contribution in [0.15, 0.2) is 67.3 Å². The van der Waals surface area contributed by atoms with E-state index in [1.54, 1.807) is 18.6 Å². The van der Waals surface area contributed by atoms with Gasteiger partial charge in [0.1, 0.15) is 6.10 Å². The van der Waals surface area contributed by atoms with Crippen molar-refractivity contribution >= 4 is 5.91 Å². The monoisotopic (exact) mass is 349 g/mol. The second-order valence-electron chi connectivity index (χ2n) is 6.16. The number of nitrogens with one attached hydrogen (secondary N) is 1. The Kier molecular flexibility index (Phi) is 4.31. The Morgan fingerprint density at radius 3 is 2.54 bits per heavy atom. The molecule has 4 rings (SSSR count). The van der Waals surface area contributed by atoms with E-state index in [4.69, 9.17) is 9.47 Å². The third-order valence-corrected chi connectivity index (χ3v) is 4.31. The minimum Gasteiger partial charge on any atom is -0.482 e. The van der Waals surface area contributed by atoms with Crippen LogP contribution in [0.4, 0.5) is 0 Å². The second-order valence-corrected chi connectivity index (χ2v) is 6.16. The lowest BCUT2D eigenvalue weighted by Gasteiger charge is -2.31. The van der Waals surface area contributed by atoms with E-state index in [1.165, 1.54) is 0 Å². The molecule has 2 atom stereocenters. The first-order valence-corrected chi connectivity index (χ1v) is 8.48. The van der Waals surface area contributed by atoms with Crippen LogP contribution in [-0.4, -0.2) is 27.7 Å². The molecule has 1 aromatic heterocycles. The van der Waals surface area contributed by atoms with Gasteiger partial charge in [0.15, 0.2) is 11.5 Å². The van der Waals surface area contributed by atoms with Crippen LogP contribution in [0.5, 0.6) is 11.5 Å². The molecule has 0 radical (unpaired) electrons. The predicted octanol–water partition coefficient (Wildman–Crippen LogP) is 2.72. The molecule has 3 aromatic rings. The van der Waals surface area contributed by atoms with Crippen molar-refractivity contribution in [3.05, 3.63) is 72.8 Å². The van der Waals surface area contributed by atoms with Gasteiger partial charge in [0, 0.05) is 24.6 Å². The fourth-order valence-corrected chi connectivity index (χ4v) is 2.89. The number of hydrogen-bond donors (Lipinski definition) is 1. The van der Waals surface area contributed by atoms with Crippen molar-refractivity contribution in [3.63, 3.8) is 0 Å². The number of para-hydroxylation sites is 2. The fraction of sp³-hybridized carbons (Fsp3) is 0.200. The number of aromatic nitrogens is 2. The average Bonchev–Trinajstić information content (AvgIpc) is 3.21. The summed E-state index contributed by atoms with van der Waals surface area (Å²) < 4.78 is 13.5. The van der Waals surface area contributed by atoms with Gasteiger partial charge >= 0.3 is 0 Å². The van der Waals surface area contributed by atoms with Gasteiger partial charge in [-0.25, -0.2) is 4.98 Å². The summed E-state index contributed by atoms with van der Waals surface area (Å²) in [6.45, 7) is 2.26. The maximum Gasteiger partial charge on any atom is 0.265 e. The van der Waals surface area contributed by atoms with E-state index >= 15 is 0 Å². The van der Waals surface area contributed by atoms with Gasteiger partial charge in [-0.15, -0.1) is 0 Å². The topological polar surface area (TPSA) is 65.4 Å². The highest BCUT2D eigenvalue weighted by molar-refractivity contribution is 5.82. The number of nitrogens with zero attached hydrogens (tertiary/aromatic N) is 2. The summed E-state index contributed by atoms with van der Waals surface area (Å²) in [7, 11) is 0. The number of carbonyl (C=O) groups is 1. The van der Waals surface area contributed by atoms with Gasteiger partial charge in [0.2, 0.25) is 6.10 Å². The Balaban J connectivity index is 1.38. The van der Waals surface area contributed by atoms with Gasteiger partial charge < -0.3 is 19.4 Å². The molecule has 0 bridgehead atoms. The fourth-order valence-electron chi connectivity index (χ4n) is 2.89. The van der Waals surface area contributed by atoms with E-state index in [0.717, 1.165) is 11.3 Å². The molecule has 0 unspecified atom stereocenters. The molecular weight excluding hydrogens is 330 g/mol. The number of rotatable bonds is 4. The zero-order valence-electron chi connectivity index (χ0n) is 14.3. The van der Waals surface area contributed by atoms with Gasteiger partial charge in [-0.2, -0.15) is 0 Å². The number of carbonyl (C=O) groups excluding carboxylic acids is 1.